The fraction of sp³-hybridized carbons (Fsp3) is 0.300. The molecule has 1 aromatic carbocycles. The molecule has 7 heteroatoms. The van der Waals surface area contributed by atoms with Crippen LogP contribution in [-0.4, -0.2) is 44.9 Å². The third-order valence-corrected chi connectivity index (χ3v) is 3.28. The normalized spacial score (nSPS) is 12.2. The fourth-order valence-corrected chi connectivity index (χ4v) is 1.99. The molecule has 1 rings (SSSR count). The Labute approximate surface area is 106 Å². The summed E-state index contributed by atoms with van der Waals surface area (Å²) in [5, 5.41) is 8.77. The van der Waals surface area contributed by atoms with Crippen LogP contribution in [0.4, 0.5) is 0 Å². The van der Waals surface area contributed by atoms with Gasteiger partial charge in [-0.25, -0.2) is 0 Å². The number of likely N-dealkylation sites (N-methyl/N-ethyl adjacent to an activating group) is 1. The van der Waals surface area contributed by atoms with Crippen molar-refractivity contribution >= 4 is 28.6 Å². The van der Waals surface area contributed by atoms with Gasteiger partial charge in [-0.05, 0) is 29.3 Å². The lowest BCUT2D eigenvalue weighted by Gasteiger charge is -2.17. The molecule has 17 heavy (non-hydrogen) atoms. The van der Waals surface area contributed by atoms with Crippen LogP contribution in [0.3, 0.4) is 0 Å². The minimum absolute atomic E-state index is 0.0692. The fourth-order valence-electron chi connectivity index (χ4n) is 1.24. The number of carbonyl (C=O) groups excluding carboxylic acids is 1. The first kappa shape index (κ1) is 14.1. The summed E-state index contributed by atoms with van der Waals surface area (Å²) in [6, 6.07) is 4.00. The Hall–Kier alpha value is -0.950. The summed E-state index contributed by atoms with van der Waals surface area (Å²) in [4.78, 5) is 13.0. The number of aliphatic hydroxyl groups is 1. The number of benzene rings is 1. The number of nitrogens with zero attached hydrogens (tertiary/aromatic N) is 1. The molecule has 0 aromatic heterocycles. The van der Waals surface area contributed by atoms with Crippen LogP contribution in [0.15, 0.2) is 23.1 Å². The monoisotopic (exact) mass is 276 g/mol. The molecule has 0 radical (unpaired) electrons. The highest BCUT2D eigenvalue weighted by atomic mass is 35.5. The smallest absolute Gasteiger partial charge is 0.253 e. The zero-order valence-corrected chi connectivity index (χ0v) is 10.6. The van der Waals surface area contributed by atoms with Crippen molar-refractivity contribution in [2.24, 2.45) is 0 Å². The van der Waals surface area contributed by atoms with Gasteiger partial charge >= 0.3 is 0 Å². The van der Waals surface area contributed by atoms with Gasteiger partial charge in [-0.2, -0.15) is 0 Å². The van der Waals surface area contributed by atoms with Crippen LogP contribution < -0.4 is 0 Å². The predicted octanol–water partition coefficient (Wildman–Crippen LogP) is 0.642. The van der Waals surface area contributed by atoms with E-state index >= 15 is 0 Å². The van der Waals surface area contributed by atoms with Crippen LogP contribution in [0.1, 0.15) is 10.4 Å². The van der Waals surface area contributed by atoms with Gasteiger partial charge in [0.15, 0.2) is 0 Å². The van der Waals surface area contributed by atoms with E-state index in [2.05, 4.69) is 0 Å². The first-order valence-electron chi connectivity index (χ1n) is 4.72. The van der Waals surface area contributed by atoms with E-state index in [9.17, 15) is 13.6 Å². The van der Waals surface area contributed by atoms with Crippen LogP contribution in [0.25, 0.3) is 0 Å². The molecular weight excluding hydrogens is 266 g/mol. The number of hydrogen-bond donors (Lipinski definition) is 1. The number of aliphatic hydroxyl groups excluding tert-OH is 1. The van der Waals surface area contributed by atoms with Gasteiger partial charge in [-0.3, -0.25) is 9.00 Å². The van der Waals surface area contributed by atoms with Crippen molar-refractivity contribution in [3.05, 3.63) is 28.8 Å². The highest BCUT2D eigenvalue weighted by Crippen LogP contribution is 2.21. The van der Waals surface area contributed by atoms with Crippen molar-refractivity contribution in [3.8, 4) is 0 Å². The molecule has 0 saturated carbocycles. The molecule has 0 aliphatic rings. The van der Waals surface area contributed by atoms with E-state index in [1.54, 1.807) is 0 Å². The zero-order valence-electron chi connectivity index (χ0n) is 9.05. The largest absolute Gasteiger partial charge is 0.768 e. The topological polar surface area (TPSA) is 80.7 Å². The molecule has 0 heterocycles. The Morgan fingerprint density at radius 1 is 1.59 bits per heavy atom. The molecule has 1 amide bonds. The average Bonchev–Trinajstić information content (AvgIpc) is 2.28. The van der Waals surface area contributed by atoms with Crippen molar-refractivity contribution in [3.63, 3.8) is 0 Å². The van der Waals surface area contributed by atoms with Crippen molar-refractivity contribution in [1.29, 1.82) is 0 Å². The van der Waals surface area contributed by atoms with Crippen LogP contribution in [0.2, 0.25) is 5.02 Å². The Morgan fingerprint density at radius 3 is 2.76 bits per heavy atom. The summed E-state index contributed by atoms with van der Waals surface area (Å²) in [5.41, 5.74) is 0.213. The van der Waals surface area contributed by atoms with Crippen molar-refractivity contribution in [2.75, 3.05) is 20.2 Å². The predicted molar refractivity (Wildman–Crippen MR) is 62.7 cm³/mol. The zero-order chi connectivity index (χ0) is 13.0. The summed E-state index contributed by atoms with van der Waals surface area (Å²) >= 11 is 3.19. The molecule has 1 aromatic rings. The number of amides is 1. The first-order valence-corrected chi connectivity index (χ1v) is 6.17. The summed E-state index contributed by atoms with van der Waals surface area (Å²) < 4.78 is 21.7. The van der Waals surface area contributed by atoms with Crippen LogP contribution in [-0.2, 0) is 11.1 Å². The maximum Gasteiger partial charge on any atom is 0.253 e. The van der Waals surface area contributed by atoms with Crippen LogP contribution in [0.5, 0.6) is 0 Å². The van der Waals surface area contributed by atoms with Crippen molar-refractivity contribution in [1.82, 2.24) is 4.90 Å². The van der Waals surface area contributed by atoms with E-state index in [-0.39, 0.29) is 34.5 Å². The van der Waals surface area contributed by atoms with Gasteiger partial charge in [-0.1, -0.05) is 11.6 Å². The van der Waals surface area contributed by atoms with Gasteiger partial charge in [0.25, 0.3) is 5.91 Å². The average molecular weight is 277 g/mol. The first-order chi connectivity index (χ1) is 7.97. The molecule has 94 valence electrons. The Morgan fingerprint density at radius 2 is 2.24 bits per heavy atom. The highest BCUT2D eigenvalue weighted by Gasteiger charge is 2.13. The van der Waals surface area contributed by atoms with Crippen molar-refractivity contribution < 1.29 is 18.7 Å². The summed E-state index contributed by atoms with van der Waals surface area (Å²) in [5.74, 6) is -0.373. The van der Waals surface area contributed by atoms with Gasteiger partial charge in [-0.15, -0.1) is 0 Å². The number of carbonyl (C=O) groups is 1. The van der Waals surface area contributed by atoms with E-state index in [1.807, 2.05) is 0 Å². The lowest BCUT2D eigenvalue weighted by molar-refractivity contribution is 0.0766. The summed E-state index contributed by atoms with van der Waals surface area (Å²) in [6.45, 7) is 0.0213. The lowest BCUT2D eigenvalue weighted by atomic mass is 10.2. The molecule has 0 saturated heterocycles. The van der Waals surface area contributed by atoms with E-state index in [0.29, 0.717) is 0 Å². The second-order valence-electron chi connectivity index (χ2n) is 3.33. The molecule has 5 nitrogen and oxygen atoms in total. The summed E-state index contributed by atoms with van der Waals surface area (Å²) in [7, 11) is 1.51. The minimum atomic E-state index is -2.49. The standard InChI is InChI=1S/C10H12ClNO4S/c1-12(4-5-13)10(14)7-2-3-8(11)9(6-7)17(15)16/h2-3,6,13H,4-5H2,1H3,(H,15,16)/p-1. The second-order valence-corrected chi connectivity index (χ2v) is 4.65. The van der Waals surface area contributed by atoms with E-state index < -0.39 is 11.1 Å². The molecule has 1 N–H and O–H groups in total. The number of rotatable bonds is 4. The van der Waals surface area contributed by atoms with Gasteiger partial charge in [0.2, 0.25) is 0 Å². The van der Waals surface area contributed by atoms with Gasteiger partial charge < -0.3 is 14.6 Å². The van der Waals surface area contributed by atoms with Gasteiger partial charge in [0.05, 0.1) is 11.6 Å². The molecule has 0 bridgehead atoms. The molecule has 0 spiro atoms. The van der Waals surface area contributed by atoms with E-state index in [1.165, 1.54) is 30.1 Å². The molecule has 0 aliphatic carbocycles. The number of hydrogen-bond acceptors (Lipinski definition) is 4. The third kappa shape index (κ3) is 3.50. The summed E-state index contributed by atoms with van der Waals surface area (Å²) in [6.07, 6.45) is 0. The molecule has 0 aliphatic heterocycles. The molecule has 1 unspecified atom stereocenters. The van der Waals surface area contributed by atoms with Crippen LogP contribution in [0, 0.1) is 0 Å². The highest BCUT2D eigenvalue weighted by molar-refractivity contribution is 7.79. The van der Waals surface area contributed by atoms with E-state index in [4.69, 9.17) is 16.7 Å². The van der Waals surface area contributed by atoms with E-state index in [0.717, 1.165) is 0 Å². The van der Waals surface area contributed by atoms with Gasteiger partial charge in [0, 0.05) is 24.1 Å². The SMILES string of the molecule is CN(CCO)C(=O)c1ccc(Cl)c(S(=O)[O-])c1. The maximum atomic E-state index is 11.8. The number of halogens is 1. The quantitative estimate of drug-likeness (QED) is 0.819. The molecular formula is C10H11ClNO4S-. The maximum absolute atomic E-state index is 11.8. The van der Waals surface area contributed by atoms with Crippen LogP contribution >= 0.6 is 11.6 Å². The Kier molecular flexibility index (Phi) is 5.07. The Balaban J connectivity index is 3.03. The second kappa shape index (κ2) is 6.11. The van der Waals surface area contributed by atoms with Crippen molar-refractivity contribution in [2.45, 2.75) is 4.90 Å². The minimum Gasteiger partial charge on any atom is -0.768 e. The Bertz CT molecular complexity index is 452. The molecule has 1 atom stereocenters. The lowest BCUT2D eigenvalue weighted by Crippen LogP contribution is -2.29. The molecule has 0 fully saturated rings. The van der Waals surface area contributed by atoms with Gasteiger partial charge in [0.1, 0.15) is 0 Å². The third-order valence-electron chi connectivity index (χ3n) is 2.14.